The molecule has 0 aliphatic heterocycles. The summed E-state index contributed by atoms with van der Waals surface area (Å²) in [6.07, 6.45) is 1.76. The molecule has 1 amide bonds. The normalized spacial score (nSPS) is 13.0. The second kappa shape index (κ2) is 8.73. The lowest BCUT2D eigenvalue weighted by molar-refractivity contribution is -0.123. The van der Waals surface area contributed by atoms with Crippen LogP contribution in [-0.4, -0.2) is 32.2 Å². The first kappa shape index (κ1) is 21.9. The number of halogens is 1. The van der Waals surface area contributed by atoms with E-state index in [0.29, 0.717) is 6.42 Å². The quantitative estimate of drug-likeness (QED) is 0.730. The average molecular weight is 407 g/mol. The van der Waals surface area contributed by atoms with Crippen molar-refractivity contribution in [3.63, 3.8) is 0 Å². The zero-order chi connectivity index (χ0) is 20.9. The van der Waals surface area contributed by atoms with Crippen LogP contribution < -0.4 is 9.62 Å². The summed E-state index contributed by atoms with van der Waals surface area (Å²) >= 11 is 0. The van der Waals surface area contributed by atoms with Crippen LogP contribution in [0.3, 0.4) is 0 Å². The molecule has 0 aliphatic rings. The summed E-state index contributed by atoms with van der Waals surface area (Å²) in [5.74, 6) is -1.15. The number of benzene rings is 2. The van der Waals surface area contributed by atoms with Gasteiger partial charge in [-0.25, -0.2) is 12.8 Å². The summed E-state index contributed by atoms with van der Waals surface area (Å²) in [7, 11) is -3.88. The maximum absolute atomic E-state index is 14.3. The SMILES string of the molecule is CC[C@H](C(=O)NC(C)(C)Cc1ccccc1)N(c1ccccc1F)S(C)(=O)=O. The van der Waals surface area contributed by atoms with Gasteiger partial charge in [-0.05, 0) is 44.4 Å². The molecule has 7 heteroatoms. The molecular formula is C21H27FN2O3S. The molecule has 2 aromatic carbocycles. The smallest absolute Gasteiger partial charge is 0.244 e. The third kappa shape index (κ3) is 5.55. The van der Waals surface area contributed by atoms with Gasteiger partial charge in [-0.3, -0.25) is 9.10 Å². The van der Waals surface area contributed by atoms with Gasteiger partial charge in [0, 0.05) is 5.54 Å². The summed E-state index contributed by atoms with van der Waals surface area (Å²) in [4.78, 5) is 13.0. The Bertz CT molecular complexity index is 914. The number of carbonyl (C=O) groups is 1. The lowest BCUT2D eigenvalue weighted by Gasteiger charge is -2.34. The second-order valence-electron chi connectivity index (χ2n) is 7.47. The fourth-order valence-electron chi connectivity index (χ4n) is 3.23. The van der Waals surface area contributed by atoms with Gasteiger partial charge in [-0.2, -0.15) is 0 Å². The molecule has 0 heterocycles. The molecule has 0 aromatic heterocycles. The summed E-state index contributed by atoms with van der Waals surface area (Å²) in [5, 5.41) is 2.93. The molecule has 0 bridgehead atoms. The molecule has 5 nitrogen and oxygen atoms in total. The predicted molar refractivity (Wildman–Crippen MR) is 110 cm³/mol. The Morgan fingerprint density at radius 1 is 1.11 bits per heavy atom. The van der Waals surface area contributed by atoms with Gasteiger partial charge in [0.15, 0.2) is 0 Å². The van der Waals surface area contributed by atoms with E-state index in [2.05, 4.69) is 5.32 Å². The first-order chi connectivity index (χ1) is 13.0. The van der Waals surface area contributed by atoms with E-state index < -0.39 is 33.3 Å². The average Bonchev–Trinajstić information content (AvgIpc) is 2.59. The molecule has 152 valence electrons. The molecule has 0 fully saturated rings. The Balaban J connectivity index is 2.30. The lowest BCUT2D eigenvalue weighted by atomic mass is 9.94. The molecule has 0 aliphatic carbocycles. The predicted octanol–water partition coefficient (Wildman–Crippen LogP) is 3.51. The molecule has 2 rings (SSSR count). The van der Waals surface area contributed by atoms with Crippen LogP contribution in [0.4, 0.5) is 10.1 Å². The van der Waals surface area contributed by atoms with Crippen LogP contribution in [0.5, 0.6) is 0 Å². The summed E-state index contributed by atoms with van der Waals surface area (Å²) in [5.41, 5.74) is 0.312. The lowest BCUT2D eigenvalue weighted by Crippen LogP contribution is -2.55. The third-order valence-corrected chi connectivity index (χ3v) is 5.54. The van der Waals surface area contributed by atoms with Gasteiger partial charge in [0.2, 0.25) is 15.9 Å². The molecule has 0 radical (unpaired) electrons. The molecule has 28 heavy (non-hydrogen) atoms. The van der Waals surface area contributed by atoms with Crippen LogP contribution in [0.2, 0.25) is 0 Å². The van der Waals surface area contributed by atoms with Crippen LogP contribution in [0.1, 0.15) is 32.8 Å². The van der Waals surface area contributed by atoms with Crippen LogP contribution >= 0.6 is 0 Å². The van der Waals surface area contributed by atoms with E-state index in [1.54, 1.807) is 13.0 Å². The fraction of sp³-hybridized carbons (Fsp3) is 0.381. The van der Waals surface area contributed by atoms with Gasteiger partial charge >= 0.3 is 0 Å². The number of anilines is 1. The zero-order valence-electron chi connectivity index (χ0n) is 16.6. The third-order valence-electron chi connectivity index (χ3n) is 4.37. The minimum atomic E-state index is -3.88. The van der Waals surface area contributed by atoms with Gasteiger partial charge in [0.25, 0.3) is 0 Å². The van der Waals surface area contributed by atoms with Crippen molar-refractivity contribution >= 4 is 21.6 Å². The molecule has 0 saturated heterocycles. The van der Waals surface area contributed by atoms with Crippen LogP contribution in [0, 0.1) is 5.82 Å². The minimum absolute atomic E-state index is 0.132. The van der Waals surface area contributed by atoms with E-state index >= 15 is 0 Å². The van der Waals surface area contributed by atoms with E-state index in [1.165, 1.54) is 18.2 Å². The maximum atomic E-state index is 14.3. The van der Waals surface area contributed by atoms with Crippen molar-refractivity contribution in [2.75, 3.05) is 10.6 Å². The Kier molecular flexibility index (Phi) is 6.82. The number of hydrogen-bond donors (Lipinski definition) is 1. The zero-order valence-corrected chi connectivity index (χ0v) is 17.5. The van der Waals surface area contributed by atoms with Crippen molar-refractivity contribution in [1.29, 1.82) is 0 Å². The highest BCUT2D eigenvalue weighted by Crippen LogP contribution is 2.26. The number of nitrogens with zero attached hydrogens (tertiary/aromatic N) is 1. The summed E-state index contributed by atoms with van der Waals surface area (Å²) < 4.78 is 40.0. The van der Waals surface area contributed by atoms with Gasteiger partial charge < -0.3 is 5.32 Å². The molecule has 0 spiro atoms. The molecule has 0 unspecified atom stereocenters. The Morgan fingerprint density at radius 2 is 1.68 bits per heavy atom. The van der Waals surface area contributed by atoms with Crippen LogP contribution in [-0.2, 0) is 21.2 Å². The standard InChI is InChI=1S/C21H27FN2O3S/c1-5-18(24(28(4,26)27)19-14-10-9-13-17(19)22)20(25)23-21(2,3)15-16-11-7-6-8-12-16/h6-14,18H,5,15H2,1-4H3,(H,23,25)/t18-/m1/s1. The van der Waals surface area contributed by atoms with Gasteiger partial charge in [0.1, 0.15) is 11.9 Å². The number of para-hydroxylation sites is 1. The van der Waals surface area contributed by atoms with E-state index in [1.807, 2.05) is 44.2 Å². The van der Waals surface area contributed by atoms with Crippen molar-refractivity contribution < 1.29 is 17.6 Å². The van der Waals surface area contributed by atoms with Gasteiger partial charge in [0.05, 0.1) is 11.9 Å². The number of rotatable bonds is 8. The van der Waals surface area contributed by atoms with E-state index in [9.17, 15) is 17.6 Å². The van der Waals surface area contributed by atoms with Crippen molar-refractivity contribution in [2.45, 2.75) is 45.2 Å². The van der Waals surface area contributed by atoms with Crippen LogP contribution in [0.25, 0.3) is 0 Å². The molecular weight excluding hydrogens is 379 g/mol. The number of hydrogen-bond acceptors (Lipinski definition) is 3. The molecule has 0 saturated carbocycles. The van der Waals surface area contributed by atoms with Crippen molar-refractivity contribution in [1.82, 2.24) is 5.32 Å². The Labute approximate surface area is 166 Å². The van der Waals surface area contributed by atoms with Gasteiger partial charge in [-0.15, -0.1) is 0 Å². The van der Waals surface area contributed by atoms with Crippen LogP contribution in [0.15, 0.2) is 54.6 Å². The Hall–Kier alpha value is -2.41. The van der Waals surface area contributed by atoms with E-state index in [-0.39, 0.29) is 12.1 Å². The number of nitrogens with one attached hydrogen (secondary N) is 1. The largest absolute Gasteiger partial charge is 0.349 e. The number of amides is 1. The topological polar surface area (TPSA) is 66.5 Å². The molecule has 1 N–H and O–H groups in total. The van der Waals surface area contributed by atoms with Crippen molar-refractivity contribution in [3.05, 3.63) is 66.0 Å². The first-order valence-corrected chi connectivity index (χ1v) is 11.0. The highest BCUT2D eigenvalue weighted by atomic mass is 32.2. The van der Waals surface area contributed by atoms with E-state index in [0.717, 1.165) is 16.1 Å². The minimum Gasteiger partial charge on any atom is -0.349 e. The highest BCUT2D eigenvalue weighted by molar-refractivity contribution is 7.92. The summed E-state index contributed by atoms with van der Waals surface area (Å²) in [6.45, 7) is 5.45. The number of sulfonamides is 1. The van der Waals surface area contributed by atoms with Gasteiger partial charge in [-0.1, -0.05) is 49.4 Å². The molecule has 2 aromatic rings. The van der Waals surface area contributed by atoms with E-state index in [4.69, 9.17) is 0 Å². The Morgan fingerprint density at radius 3 is 2.21 bits per heavy atom. The first-order valence-electron chi connectivity index (χ1n) is 9.15. The highest BCUT2D eigenvalue weighted by Gasteiger charge is 2.35. The monoisotopic (exact) mass is 406 g/mol. The number of carbonyl (C=O) groups excluding carboxylic acids is 1. The summed E-state index contributed by atoms with van der Waals surface area (Å²) in [6, 6.07) is 14.2. The van der Waals surface area contributed by atoms with Crippen molar-refractivity contribution in [2.24, 2.45) is 0 Å². The van der Waals surface area contributed by atoms with Crippen molar-refractivity contribution in [3.8, 4) is 0 Å². The fourth-order valence-corrected chi connectivity index (χ4v) is 4.45. The second-order valence-corrected chi connectivity index (χ2v) is 9.33. The maximum Gasteiger partial charge on any atom is 0.244 e. The molecule has 1 atom stereocenters.